The normalized spacial score (nSPS) is 30.2. The van der Waals surface area contributed by atoms with Gasteiger partial charge in [0, 0.05) is 39.3 Å². The summed E-state index contributed by atoms with van der Waals surface area (Å²) in [5.74, 6) is 0. The summed E-state index contributed by atoms with van der Waals surface area (Å²) in [7, 11) is 6.24. The van der Waals surface area contributed by atoms with Crippen LogP contribution in [-0.4, -0.2) is 88.3 Å². The van der Waals surface area contributed by atoms with Crippen LogP contribution in [0.4, 0.5) is 0 Å². The first-order valence-electron chi connectivity index (χ1n) is 5.41. The molecule has 0 saturated carbocycles. The molecule has 1 radical (unpaired) electrons. The molecular weight excluding hydrogens is 192 g/mol. The Morgan fingerprint density at radius 1 is 0.643 bits per heavy atom. The largest absolute Gasteiger partial charge is 0.327 e. The monoisotopic (exact) mass is 213 g/mol. The lowest BCUT2D eigenvalue weighted by Crippen LogP contribution is -2.66. The average Bonchev–Trinajstić information content (AvgIpc) is 2.11. The lowest BCUT2D eigenvalue weighted by Gasteiger charge is -2.45. The van der Waals surface area contributed by atoms with E-state index in [-0.39, 0.29) is 0 Å². The number of hydrogen-bond donors (Lipinski definition) is 0. The molecule has 0 aromatic heterocycles. The van der Waals surface area contributed by atoms with Gasteiger partial charge in [-0.15, -0.1) is 0 Å². The SMILES string of the molecule is CN1CCN2CCN(C)[Si]1N(C)CC2. The van der Waals surface area contributed by atoms with Gasteiger partial charge in [0.15, 0.2) is 0 Å². The molecule has 5 heteroatoms. The highest BCUT2D eigenvalue weighted by Gasteiger charge is 2.33. The van der Waals surface area contributed by atoms with Gasteiger partial charge >= 0.3 is 9.28 Å². The number of fused-ring (bicyclic) bond motifs is 6. The molecule has 3 rings (SSSR count). The molecule has 0 amide bonds. The van der Waals surface area contributed by atoms with Crippen LogP contribution in [0.25, 0.3) is 0 Å². The summed E-state index contributed by atoms with van der Waals surface area (Å²) in [6.07, 6.45) is 0. The summed E-state index contributed by atoms with van der Waals surface area (Å²) >= 11 is 0. The Morgan fingerprint density at radius 3 is 1.36 bits per heavy atom. The van der Waals surface area contributed by atoms with E-state index in [2.05, 4.69) is 39.7 Å². The number of rotatable bonds is 0. The van der Waals surface area contributed by atoms with Crippen LogP contribution < -0.4 is 0 Å². The van der Waals surface area contributed by atoms with Crippen molar-refractivity contribution in [1.82, 2.24) is 18.6 Å². The van der Waals surface area contributed by atoms with E-state index in [1.807, 2.05) is 0 Å². The van der Waals surface area contributed by atoms with Crippen molar-refractivity contribution in [2.24, 2.45) is 0 Å². The molecule has 2 bridgehead atoms. The Bertz CT molecular complexity index is 168. The lowest BCUT2D eigenvalue weighted by molar-refractivity contribution is 0.166. The predicted molar refractivity (Wildman–Crippen MR) is 60.1 cm³/mol. The second-order valence-corrected chi connectivity index (χ2v) is 7.30. The summed E-state index contributed by atoms with van der Waals surface area (Å²) in [4.78, 5) is 2.58. The Morgan fingerprint density at radius 2 is 1.00 bits per heavy atom. The van der Waals surface area contributed by atoms with Crippen LogP contribution in [0.5, 0.6) is 0 Å². The highest BCUT2D eigenvalue weighted by atomic mass is 28.3. The Balaban J connectivity index is 2.17. The van der Waals surface area contributed by atoms with E-state index < -0.39 is 9.28 Å². The summed E-state index contributed by atoms with van der Waals surface area (Å²) in [6.45, 7) is 7.44. The number of nitrogens with zero attached hydrogens (tertiary/aromatic N) is 4. The lowest BCUT2D eigenvalue weighted by atomic mass is 10.4. The van der Waals surface area contributed by atoms with Crippen LogP contribution in [0, 0.1) is 0 Å². The van der Waals surface area contributed by atoms with Crippen LogP contribution in [0.2, 0.25) is 0 Å². The smallest absolute Gasteiger partial charge is 0.300 e. The topological polar surface area (TPSA) is 13.0 Å². The molecule has 0 N–H and O–H groups in total. The number of likely N-dealkylation sites (N-methyl/N-ethyl adjacent to an activating group) is 3. The van der Waals surface area contributed by atoms with Gasteiger partial charge in [-0.3, -0.25) is 4.90 Å². The first-order valence-corrected chi connectivity index (χ1v) is 6.75. The maximum absolute atomic E-state index is 2.58. The van der Waals surface area contributed by atoms with Gasteiger partial charge in [-0.2, -0.15) is 0 Å². The van der Waals surface area contributed by atoms with Gasteiger partial charge in [0.2, 0.25) is 0 Å². The molecular formula is C9H21N4Si. The Hall–Kier alpha value is 0.0569. The fourth-order valence-corrected chi connectivity index (χ4v) is 5.03. The molecule has 0 aromatic rings. The Labute approximate surface area is 88.9 Å². The van der Waals surface area contributed by atoms with Crippen molar-refractivity contribution in [2.45, 2.75) is 0 Å². The van der Waals surface area contributed by atoms with Gasteiger partial charge in [-0.25, -0.2) is 0 Å². The third-order valence-electron chi connectivity index (χ3n) is 3.28. The second kappa shape index (κ2) is 4.28. The van der Waals surface area contributed by atoms with Gasteiger partial charge in [0.05, 0.1) is 0 Å². The summed E-state index contributed by atoms with van der Waals surface area (Å²) in [6, 6.07) is 0. The van der Waals surface area contributed by atoms with E-state index in [0.29, 0.717) is 0 Å². The molecule has 0 aliphatic carbocycles. The minimum atomic E-state index is -0.580. The molecule has 0 spiro atoms. The predicted octanol–water partition coefficient (Wildman–Crippen LogP) is -0.904. The molecule has 0 unspecified atom stereocenters. The van der Waals surface area contributed by atoms with Crippen LogP contribution in [0.1, 0.15) is 0 Å². The van der Waals surface area contributed by atoms with Crippen molar-refractivity contribution in [3.8, 4) is 0 Å². The minimum absolute atomic E-state index is 0.580. The molecule has 0 aromatic carbocycles. The van der Waals surface area contributed by atoms with Crippen molar-refractivity contribution in [3.05, 3.63) is 0 Å². The van der Waals surface area contributed by atoms with Crippen molar-refractivity contribution in [2.75, 3.05) is 60.4 Å². The third-order valence-corrected chi connectivity index (χ3v) is 6.00. The highest BCUT2D eigenvalue weighted by Crippen LogP contribution is 2.10. The van der Waals surface area contributed by atoms with Crippen molar-refractivity contribution >= 4 is 9.28 Å². The molecule has 3 aliphatic heterocycles. The quantitative estimate of drug-likeness (QED) is 0.483. The molecule has 3 fully saturated rings. The summed E-state index contributed by atoms with van der Waals surface area (Å²) in [5.41, 5.74) is 0. The third kappa shape index (κ3) is 2.01. The second-order valence-electron chi connectivity index (χ2n) is 4.41. The molecule has 3 aliphatic rings. The zero-order valence-electron chi connectivity index (χ0n) is 9.53. The van der Waals surface area contributed by atoms with E-state index in [1.165, 1.54) is 39.3 Å². The standard InChI is InChI=1S/C9H21N4Si/c1-10-4-7-13-8-5-11(2)14(10)12(3)6-9-13/h4-9H2,1-3H3. The zero-order chi connectivity index (χ0) is 10.1. The molecule has 0 atom stereocenters. The van der Waals surface area contributed by atoms with Crippen molar-refractivity contribution in [3.63, 3.8) is 0 Å². The van der Waals surface area contributed by atoms with Crippen LogP contribution in [-0.2, 0) is 0 Å². The maximum atomic E-state index is 2.58. The van der Waals surface area contributed by atoms with Gasteiger partial charge in [0.1, 0.15) is 0 Å². The molecule has 3 saturated heterocycles. The highest BCUT2D eigenvalue weighted by molar-refractivity contribution is 6.49. The fraction of sp³-hybridized carbons (Fsp3) is 1.00. The van der Waals surface area contributed by atoms with Crippen LogP contribution >= 0.6 is 0 Å². The fourth-order valence-electron chi connectivity index (χ4n) is 2.38. The number of hydrogen-bond acceptors (Lipinski definition) is 4. The first kappa shape index (κ1) is 10.6. The summed E-state index contributed by atoms with van der Waals surface area (Å²) < 4.78 is 7.65. The zero-order valence-corrected chi connectivity index (χ0v) is 10.5. The van der Waals surface area contributed by atoms with E-state index >= 15 is 0 Å². The van der Waals surface area contributed by atoms with E-state index in [1.54, 1.807) is 0 Å². The van der Waals surface area contributed by atoms with Crippen molar-refractivity contribution in [1.29, 1.82) is 0 Å². The van der Waals surface area contributed by atoms with Crippen molar-refractivity contribution < 1.29 is 0 Å². The minimum Gasteiger partial charge on any atom is -0.300 e. The first-order chi connectivity index (χ1) is 6.68. The molecule has 3 heterocycles. The van der Waals surface area contributed by atoms with Crippen LogP contribution in [0.3, 0.4) is 0 Å². The maximum Gasteiger partial charge on any atom is 0.327 e. The molecule has 4 nitrogen and oxygen atoms in total. The Kier molecular flexibility index (Phi) is 3.23. The van der Waals surface area contributed by atoms with Gasteiger partial charge in [-0.1, -0.05) is 0 Å². The average molecular weight is 213 g/mol. The molecule has 14 heavy (non-hydrogen) atoms. The van der Waals surface area contributed by atoms with Gasteiger partial charge < -0.3 is 13.7 Å². The van der Waals surface area contributed by atoms with Gasteiger partial charge in [0.25, 0.3) is 0 Å². The van der Waals surface area contributed by atoms with E-state index in [4.69, 9.17) is 0 Å². The molecule has 81 valence electrons. The van der Waals surface area contributed by atoms with Gasteiger partial charge in [-0.05, 0) is 21.1 Å². The summed E-state index contributed by atoms with van der Waals surface area (Å²) in [5, 5.41) is 0. The van der Waals surface area contributed by atoms with E-state index in [9.17, 15) is 0 Å². The van der Waals surface area contributed by atoms with E-state index in [0.717, 1.165) is 0 Å². The van der Waals surface area contributed by atoms with Crippen LogP contribution in [0.15, 0.2) is 0 Å².